The number of alkyl halides is 3. The molecule has 75 valence electrons. The molecule has 0 bridgehead atoms. The minimum absolute atomic E-state index is 0.634. The van der Waals surface area contributed by atoms with Crippen LogP contribution in [0.2, 0.25) is 0 Å². The van der Waals surface area contributed by atoms with Gasteiger partial charge in [0.2, 0.25) is 0 Å². The normalized spacial score (nSPS) is 11.1. The van der Waals surface area contributed by atoms with Gasteiger partial charge in [0.05, 0.1) is 0 Å². The molecule has 0 spiro atoms. The molecule has 0 atom stereocenters. The fraction of sp³-hybridized carbons (Fsp3) is 0.125. The number of ether oxygens (including phenoxy) is 1. The Morgan fingerprint density at radius 1 is 1.21 bits per heavy atom. The average molecular weight is 205 g/mol. The van der Waals surface area contributed by atoms with E-state index in [1.807, 2.05) is 0 Å². The fourth-order valence-electron chi connectivity index (χ4n) is 0.849. The number of hydrogen-bond acceptors (Lipinski definition) is 2. The van der Waals surface area contributed by atoms with Crippen LogP contribution in [0.15, 0.2) is 24.3 Å². The third kappa shape index (κ3) is 2.65. The molecule has 3 nitrogen and oxygen atoms in total. The molecule has 0 aliphatic carbocycles. The van der Waals surface area contributed by atoms with Crippen molar-refractivity contribution in [1.82, 2.24) is 0 Å². The van der Waals surface area contributed by atoms with Crippen LogP contribution in [-0.2, 0) is 5.11 Å². The summed E-state index contributed by atoms with van der Waals surface area (Å²) >= 11 is 0. The van der Waals surface area contributed by atoms with Crippen molar-refractivity contribution >= 4 is 5.97 Å². The molecule has 1 rings (SSSR count). The van der Waals surface area contributed by atoms with Gasteiger partial charge in [-0.25, -0.2) is 9.90 Å². The third-order valence-electron chi connectivity index (χ3n) is 1.33. The van der Waals surface area contributed by atoms with Crippen molar-refractivity contribution in [3.8, 4) is 5.75 Å². The van der Waals surface area contributed by atoms with Gasteiger partial charge in [-0.2, -0.15) is 0 Å². The first-order chi connectivity index (χ1) is 6.40. The van der Waals surface area contributed by atoms with Gasteiger partial charge in [-0.3, -0.25) is 0 Å². The number of carbonyl (C=O) groups excluding carboxylic acids is 1. The van der Waals surface area contributed by atoms with E-state index in [2.05, 4.69) is 4.74 Å². The van der Waals surface area contributed by atoms with Crippen molar-refractivity contribution in [3.63, 3.8) is 0 Å². The highest BCUT2D eigenvalue weighted by molar-refractivity contribution is 5.90. The first kappa shape index (κ1) is 10.4. The van der Waals surface area contributed by atoms with Crippen LogP contribution in [-0.4, -0.2) is 12.3 Å². The summed E-state index contributed by atoms with van der Waals surface area (Å²) in [6.07, 6.45) is -4.91. The first-order valence-corrected chi connectivity index (χ1v) is 3.46. The van der Waals surface area contributed by atoms with Gasteiger partial charge in [-0.1, -0.05) is 12.1 Å². The molecular weight excluding hydrogens is 201 g/mol. The Hall–Kier alpha value is -1.72. The minimum atomic E-state index is -4.91. The SMILES string of the molecule is [O]C(=O)c1ccccc1OC(F)(F)F. The summed E-state index contributed by atoms with van der Waals surface area (Å²) in [5, 5.41) is 10.3. The molecule has 0 amide bonds. The third-order valence-corrected chi connectivity index (χ3v) is 1.33. The summed E-state index contributed by atoms with van der Waals surface area (Å²) in [7, 11) is 0. The van der Waals surface area contributed by atoms with E-state index in [1.54, 1.807) is 0 Å². The molecule has 0 aliphatic rings. The zero-order valence-corrected chi connectivity index (χ0v) is 6.67. The van der Waals surface area contributed by atoms with E-state index in [4.69, 9.17) is 0 Å². The first-order valence-electron chi connectivity index (χ1n) is 3.46. The van der Waals surface area contributed by atoms with Gasteiger partial charge < -0.3 is 4.74 Å². The minimum Gasteiger partial charge on any atom is -0.405 e. The maximum Gasteiger partial charge on any atom is 0.573 e. The van der Waals surface area contributed by atoms with Crippen molar-refractivity contribution in [2.45, 2.75) is 6.36 Å². The lowest BCUT2D eigenvalue weighted by molar-refractivity contribution is -0.274. The molecule has 0 aromatic heterocycles. The molecule has 0 saturated heterocycles. The second kappa shape index (κ2) is 3.57. The molecule has 0 saturated carbocycles. The predicted molar refractivity (Wildman–Crippen MR) is 38.1 cm³/mol. The summed E-state index contributed by atoms with van der Waals surface area (Å²) in [4.78, 5) is 10.3. The predicted octanol–water partition coefficient (Wildman–Crippen LogP) is 2.16. The highest BCUT2D eigenvalue weighted by Gasteiger charge is 2.32. The van der Waals surface area contributed by atoms with Gasteiger partial charge in [0, 0.05) is 0 Å². The summed E-state index contributed by atoms with van der Waals surface area (Å²) in [6.45, 7) is 0. The Morgan fingerprint density at radius 2 is 1.79 bits per heavy atom. The van der Waals surface area contributed by atoms with Crippen LogP contribution in [0.4, 0.5) is 13.2 Å². The molecule has 14 heavy (non-hydrogen) atoms. The van der Waals surface area contributed by atoms with Crippen LogP contribution in [0.25, 0.3) is 0 Å². The quantitative estimate of drug-likeness (QED) is 0.742. The smallest absolute Gasteiger partial charge is 0.405 e. The molecule has 0 unspecified atom stereocenters. The van der Waals surface area contributed by atoms with E-state index >= 15 is 0 Å². The second-order valence-electron chi connectivity index (χ2n) is 2.33. The number of para-hydroxylation sites is 1. The van der Waals surface area contributed by atoms with Crippen molar-refractivity contribution in [1.29, 1.82) is 0 Å². The zero-order valence-electron chi connectivity index (χ0n) is 6.67. The van der Waals surface area contributed by atoms with E-state index in [-0.39, 0.29) is 0 Å². The number of benzene rings is 1. The van der Waals surface area contributed by atoms with Crippen LogP contribution in [0.5, 0.6) is 5.75 Å². The lowest BCUT2D eigenvalue weighted by Gasteiger charge is -2.09. The summed E-state index contributed by atoms with van der Waals surface area (Å²) < 4.78 is 38.7. The number of hydrogen-bond donors (Lipinski definition) is 0. The van der Waals surface area contributed by atoms with Crippen molar-refractivity contribution in [2.75, 3.05) is 0 Å². The topological polar surface area (TPSA) is 46.2 Å². The molecule has 0 heterocycles. The summed E-state index contributed by atoms with van der Waals surface area (Å²) in [5.41, 5.74) is -0.634. The highest BCUT2D eigenvalue weighted by Crippen LogP contribution is 2.25. The molecule has 0 N–H and O–H groups in total. The molecular formula is C8H4F3O3. The van der Waals surface area contributed by atoms with Crippen LogP contribution < -0.4 is 4.74 Å². The van der Waals surface area contributed by atoms with Gasteiger partial charge >= 0.3 is 12.3 Å². The van der Waals surface area contributed by atoms with Crippen LogP contribution in [0.3, 0.4) is 0 Å². The maximum atomic E-state index is 11.7. The number of halogens is 3. The Labute approximate surface area is 76.7 Å². The molecule has 0 aliphatic heterocycles. The van der Waals surface area contributed by atoms with Crippen LogP contribution in [0.1, 0.15) is 10.4 Å². The lowest BCUT2D eigenvalue weighted by atomic mass is 10.2. The number of carbonyl (C=O) groups is 1. The lowest BCUT2D eigenvalue weighted by Crippen LogP contribution is -2.18. The van der Waals surface area contributed by atoms with Gasteiger partial charge in [-0.05, 0) is 12.1 Å². The molecule has 0 fully saturated rings. The maximum absolute atomic E-state index is 11.7. The summed E-state index contributed by atoms with van der Waals surface area (Å²) in [6, 6.07) is 4.37. The highest BCUT2D eigenvalue weighted by atomic mass is 19.4. The van der Waals surface area contributed by atoms with E-state index in [0.29, 0.717) is 0 Å². The molecule has 1 aromatic rings. The Kier molecular flexibility index (Phi) is 2.64. The molecule has 6 heteroatoms. The Morgan fingerprint density at radius 3 is 2.29 bits per heavy atom. The van der Waals surface area contributed by atoms with Crippen molar-refractivity contribution in [3.05, 3.63) is 29.8 Å². The van der Waals surface area contributed by atoms with E-state index in [1.165, 1.54) is 12.1 Å². The van der Waals surface area contributed by atoms with Crippen LogP contribution >= 0.6 is 0 Å². The fourth-order valence-corrected chi connectivity index (χ4v) is 0.849. The van der Waals surface area contributed by atoms with Gasteiger partial charge in [0.1, 0.15) is 11.3 Å². The zero-order chi connectivity index (χ0) is 10.8. The summed E-state index contributed by atoms with van der Waals surface area (Å²) in [5.74, 6) is -2.50. The van der Waals surface area contributed by atoms with Crippen LogP contribution in [0, 0.1) is 0 Å². The van der Waals surface area contributed by atoms with Gasteiger partial charge in [0.15, 0.2) is 0 Å². The largest absolute Gasteiger partial charge is 0.573 e. The van der Waals surface area contributed by atoms with E-state index < -0.39 is 23.6 Å². The second-order valence-corrected chi connectivity index (χ2v) is 2.33. The molecule has 1 radical (unpaired) electrons. The monoisotopic (exact) mass is 205 g/mol. The van der Waals surface area contributed by atoms with Crippen molar-refractivity contribution in [2.24, 2.45) is 0 Å². The van der Waals surface area contributed by atoms with E-state index in [9.17, 15) is 23.1 Å². The van der Waals surface area contributed by atoms with Gasteiger partial charge in [-0.15, -0.1) is 13.2 Å². The van der Waals surface area contributed by atoms with Crippen molar-refractivity contribution < 1.29 is 27.8 Å². The Balaban J connectivity index is 3.02. The average Bonchev–Trinajstić information content (AvgIpc) is 2.01. The molecule has 1 aromatic carbocycles. The number of rotatable bonds is 2. The van der Waals surface area contributed by atoms with E-state index in [0.717, 1.165) is 12.1 Å². The standard InChI is InChI=1S/C8H4F3O3/c9-8(10,11)14-6-4-2-1-3-5(6)7(12)13/h1-4H. The van der Waals surface area contributed by atoms with Gasteiger partial charge in [0.25, 0.3) is 0 Å². The Bertz CT molecular complexity index is 346.